The van der Waals surface area contributed by atoms with E-state index in [2.05, 4.69) is 16.0 Å². The predicted molar refractivity (Wildman–Crippen MR) is 92.1 cm³/mol. The average molecular weight is 312 g/mol. The van der Waals surface area contributed by atoms with Gasteiger partial charge in [0.05, 0.1) is 0 Å². The maximum atomic E-state index is 13.9. The van der Waals surface area contributed by atoms with Crippen LogP contribution in [0.25, 0.3) is 22.0 Å². The quantitative estimate of drug-likeness (QED) is 0.694. The van der Waals surface area contributed by atoms with Gasteiger partial charge < -0.3 is 9.78 Å². The fourth-order valence-corrected chi connectivity index (χ4v) is 2.76. The molecule has 2 heterocycles. The smallest absolute Gasteiger partial charge is 0.128 e. The van der Waals surface area contributed by atoms with Crippen LogP contribution in [0.5, 0.6) is 0 Å². The summed E-state index contributed by atoms with van der Waals surface area (Å²) in [5, 5.41) is 1.07. The van der Waals surface area contributed by atoms with E-state index in [1.54, 1.807) is 12.3 Å². The average Bonchev–Trinajstić information content (AvgIpc) is 2.82. The van der Waals surface area contributed by atoms with Crippen LogP contribution in [0, 0.1) is 19.7 Å². The number of halogens is 1. The summed E-state index contributed by atoms with van der Waals surface area (Å²) in [6.07, 6.45) is 3.23. The summed E-state index contributed by atoms with van der Waals surface area (Å²) in [5.41, 5.74) is 5.85. The number of aryl methyl sites for hydroxylation is 3. The highest BCUT2D eigenvalue weighted by Crippen LogP contribution is 2.34. The number of aldehydes is 1. The molecule has 2 aromatic heterocycles. The number of hydrogen-bond acceptors (Lipinski definition) is 2. The van der Waals surface area contributed by atoms with Gasteiger partial charge in [0.15, 0.2) is 0 Å². The Hall–Kier alpha value is -2.49. The molecule has 4 heteroatoms. The molecule has 3 nitrogen and oxygen atoms in total. The molecular weight excluding hydrogens is 291 g/mol. The van der Waals surface area contributed by atoms with Crippen molar-refractivity contribution < 1.29 is 9.18 Å². The van der Waals surface area contributed by atoms with Gasteiger partial charge in [-0.3, -0.25) is 4.98 Å². The third kappa shape index (κ3) is 3.31. The number of nitrogens with zero attached hydrogens (tertiary/aromatic N) is 1. The lowest BCUT2D eigenvalue weighted by Crippen LogP contribution is -1.89. The van der Waals surface area contributed by atoms with Gasteiger partial charge in [-0.2, -0.15) is 0 Å². The van der Waals surface area contributed by atoms with Gasteiger partial charge in [0.1, 0.15) is 12.1 Å². The molecule has 0 amide bonds. The SMILES string of the molecule is CC=O.CCc1cc2c(-c3cccnc3C)c(C)[nH]c2cc1F. The summed E-state index contributed by atoms with van der Waals surface area (Å²) in [7, 11) is 0. The van der Waals surface area contributed by atoms with Gasteiger partial charge in [0.25, 0.3) is 0 Å². The lowest BCUT2D eigenvalue weighted by atomic mass is 9.99. The predicted octanol–water partition coefficient (Wildman–Crippen LogP) is 4.75. The Bertz CT molecular complexity index is 837. The van der Waals surface area contributed by atoms with Gasteiger partial charge in [-0.25, -0.2) is 4.39 Å². The first-order valence-electron chi connectivity index (χ1n) is 7.65. The normalized spacial score (nSPS) is 10.3. The van der Waals surface area contributed by atoms with Crippen LogP contribution in [0.15, 0.2) is 30.5 Å². The highest BCUT2D eigenvalue weighted by atomic mass is 19.1. The largest absolute Gasteiger partial charge is 0.358 e. The highest BCUT2D eigenvalue weighted by molar-refractivity contribution is 5.98. The Labute approximate surface area is 135 Å². The van der Waals surface area contributed by atoms with Crippen molar-refractivity contribution in [3.8, 4) is 11.1 Å². The minimum absolute atomic E-state index is 0.143. The second kappa shape index (κ2) is 7.18. The zero-order chi connectivity index (χ0) is 17.0. The Morgan fingerprint density at radius 3 is 2.61 bits per heavy atom. The molecule has 1 aromatic carbocycles. The third-order valence-electron chi connectivity index (χ3n) is 3.81. The van der Waals surface area contributed by atoms with Crippen LogP contribution in [0.4, 0.5) is 4.39 Å². The van der Waals surface area contributed by atoms with Crippen molar-refractivity contribution in [2.24, 2.45) is 0 Å². The van der Waals surface area contributed by atoms with Crippen molar-refractivity contribution in [1.29, 1.82) is 0 Å². The number of rotatable bonds is 2. The molecule has 0 aliphatic heterocycles. The van der Waals surface area contributed by atoms with E-state index in [1.165, 1.54) is 6.92 Å². The van der Waals surface area contributed by atoms with E-state index in [1.807, 2.05) is 32.9 Å². The number of aromatic amines is 1. The Morgan fingerprint density at radius 1 is 1.30 bits per heavy atom. The molecule has 0 aliphatic rings. The van der Waals surface area contributed by atoms with Crippen LogP contribution >= 0.6 is 0 Å². The highest BCUT2D eigenvalue weighted by Gasteiger charge is 2.15. The molecule has 0 unspecified atom stereocenters. The molecule has 0 fully saturated rings. The summed E-state index contributed by atoms with van der Waals surface area (Å²) < 4.78 is 13.9. The van der Waals surface area contributed by atoms with Crippen molar-refractivity contribution in [2.45, 2.75) is 34.1 Å². The van der Waals surface area contributed by atoms with Crippen molar-refractivity contribution in [2.75, 3.05) is 0 Å². The van der Waals surface area contributed by atoms with E-state index in [4.69, 9.17) is 4.79 Å². The molecule has 3 rings (SSSR count). The van der Waals surface area contributed by atoms with Crippen LogP contribution in [0.2, 0.25) is 0 Å². The van der Waals surface area contributed by atoms with E-state index in [-0.39, 0.29) is 5.82 Å². The van der Waals surface area contributed by atoms with Gasteiger partial charge >= 0.3 is 0 Å². The van der Waals surface area contributed by atoms with Gasteiger partial charge in [-0.1, -0.05) is 13.0 Å². The minimum Gasteiger partial charge on any atom is -0.358 e. The molecule has 0 saturated heterocycles. The maximum Gasteiger partial charge on any atom is 0.128 e. The lowest BCUT2D eigenvalue weighted by Gasteiger charge is -2.06. The zero-order valence-electron chi connectivity index (χ0n) is 13.9. The van der Waals surface area contributed by atoms with Crippen molar-refractivity contribution in [3.05, 3.63) is 53.2 Å². The number of benzene rings is 1. The monoisotopic (exact) mass is 312 g/mol. The van der Waals surface area contributed by atoms with Crippen molar-refractivity contribution >= 4 is 17.2 Å². The van der Waals surface area contributed by atoms with Gasteiger partial charge in [0, 0.05) is 39.6 Å². The number of fused-ring (bicyclic) bond motifs is 1. The number of carbonyl (C=O) groups excluding carboxylic acids is 1. The van der Waals surface area contributed by atoms with E-state index in [0.717, 1.165) is 45.3 Å². The molecular formula is C19H21FN2O. The van der Waals surface area contributed by atoms with E-state index >= 15 is 0 Å². The Balaban J connectivity index is 0.000000595. The fraction of sp³-hybridized carbons (Fsp3) is 0.263. The van der Waals surface area contributed by atoms with Crippen LogP contribution < -0.4 is 0 Å². The number of pyridine rings is 1. The molecule has 0 bridgehead atoms. The van der Waals surface area contributed by atoms with E-state index in [0.29, 0.717) is 6.42 Å². The van der Waals surface area contributed by atoms with Gasteiger partial charge in [-0.15, -0.1) is 0 Å². The van der Waals surface area contributed by atoms with Crippen molar-refractivity contribution in [3.63, 3.8) is 0 Å². The molecule has 1 N–H and O–H groups in total. The van der Waals surface area contributed by atoms with Crippen LogP contribution in [-0.4, -0.2) is 16.3 Å². The fourth-order valence-electron chi connectivity index (χ4n) is 2.76. The summed E-state index contributed by atoms with van der Waals surface area (Å²) in [4.78, 5) is 16.4. The first-order chi connectivity index (χ1) is 11.0. The number of aromatic nitrogens is 2. The summed E-state index contributed by atoms with van der Waals surface area (Å²) in [6.45, 7) is 7.43. The molecule has 0 aliphatic carbocycles. The summed E-state index contributed by atoms with van der Waals surface area (Å²) in [6, 6.07) is 7.55. The zero-order valence-corrected chi connectivity index (χ0v) is 13.9. The summed E-state index contributed by atoms with van der Waals surface area (Å²) in [5.74, 6) is -0.143. The van der Waals surface area contributed by atoms with Gasteiger partial charge in [0.2, 0.25) is 0 Å². The molecule has 0 saturated carbocycles. The maximum absolute atomic E-state index is 13.9. The number of hydrogen-bond donors (Lipinski definition) is 1. The van der Waals surface area contributed by atoms with Gasteiger partial charge in [-0.05, 0) is 51.0 Å². The number of carbonyl (C=O) groups is 1. The second-order valence-corrected chi connectivity index (χ2v) is 5.34. The number of H-pyrrole nitrogens is 1. The summed E-state index contributed by atoms with van der Waals surface area (Å²) >= 11 is 0. The third-order valence-corrected chi connectivity index (χ3v) is 3.81. The first kappa shape index (κ1) is 16.9. The molecule has 120 valence electrons. The minimum atomic E-state index is -0.143. The molecule has 0 radical (unpaired) electrons. The molecule has 0 spiro atoms. The first-order valence-corrected chi connectivity index (χ1v) is 7.65. The second-order valence-electron chi connectivity index (χ2n) is 5.34. The standard InChI is InChI=1S/C17H17FN2.C2H4O/c1-4-12-8-14-16(9-15(12)18)20-11(3)17(14)13-6-5-7-19-10(13)2;1-2-3/h5-9,20H,4H2,1-3H3;2H,1H3. The topological polar surface area (TPSA) is 45.8 Å². The molecule has 0 atom stereocenters. The van der Waals surface area contributed by atoms with E-state index in [9.17, 15) is 4.39 Å². The van der Waals surface area contributed by atoms with Crippen molar-refractivity contribution in [1.82, 2.24) is 9.97 Å². The molecule has 23 heavy (non-hydrogen) atoms. The lowest BCUT2D eigenvalue weighted by molar-refractivity contribution is -0.106. The number of nitrogens with one attached hydrogen (secondary N) is 1. The van der Waals surface area contributed by atoms with Crippen LogP contribution in [0.3, 0.4) is 0 Å². The van der Waals surface area contributed by atoms with Crippen LogP contribution in [0.1, 0.15) is 30.8 Å². The molecule has 3 aromatic rings. The Kier molecular flexibility index (Phi) is 5.27. The van der Waals surface area contributed by atoms with E-state index < -0.39 is 0 Å². The van der Waals surface area contributed by atoms with Crippen LogP contribution in [-0.2, 0) is 11.2 Å². The Morgan fingerprint density at radius 2 is 2.00 bits per heavy atom.